The molecule has 1 N–H and O–H groups in total. The minimum atomic E-state index is -1.57. The van der Waals surface area contributed by atoms with Crippen LogP contribution >= 0.6 is 0 Å². The Balaban J connectivity index is 1.46. The van der Waals surface area contributed by atoms with E-state index in [1.165, 1.54) is 6.42 Å². The van der Waals surface area contributed by atoms with Crippen molar-refractivity contribution in [3.8, 4) is 0 Å². The summed E-state index contributed by atoms with van der Waals surface area (Å²) in [4.78, 5) is 13.5. The van der Waals surface area contributed by atoms with E-state index in [-0.39, 0.29) is 12.0 Å². The summed E-state index contributed by atoms with van der Waals surface area (Å²) in [5, 5.41) is 15.8. The number of hydrogen-bond donors (Lipinski definition) is 1. The number of likely N-dealkylation sites (N-methyl/N-ethyl adjacent to an activating group) is 1. The first kappa shape index (κ1) is 22.0. The molecule has 1 aromatic heterocycles. The van der Waals surface area contributed by atoms with Crippen molar-refractivity contribution in [2.75, 3.05) is 26.7 Å². The lowest BCUT2D eigenvalue weighted by Gasteiger charge is -2.42. The average Bonchev–Trinajstić information content (AvgIpc) is 3.32. The molecule has 0 bridgehead atoms. The van der Waals surface area contributed by atoms with Crippen LogP contribution in [0.25, 0.3) is 0 Å². The summed E-state index contributed by atoms with van der Waals surface area (Å²) in [6.45, 7) is 2.74. The van der Waals surface area contributed by atoms with Gasteiger partial charge < -0.3 is 18.8 Å². The van der Waals surface area contributed by atoms with Gasteiger partial charge in [-0.05, 0) is 24.8 Å². The van der Waals surface area contributed by atoms with Gasteiger partial charge in [0.1, 0.15) is 12.8 Å². The standard InChI is InChI=1S/C25H35N2O4/c1-27(17-14-22-15-18-30-26-22)16-8-13-23(19-27)31-24(28)25(29,20-9-4-2-5-10-20)21-11-6-3-7-12-21/h2,4-5,9-10,15,18,21,23,29H,3,6-8,11-14,16-17,19H2,1H3/q+1/t23?,25?,27-/m1/s1. The predicted octanol–water partition coefficient (Wildman–Crippen LogP) is 3.84. The minimum Gasteiger partial charge on any atom is -0.454 e. The number of esters is 1. The van der Waals surface area contributed by atoms with Crippen LogP contribution in [0.4, 0.5) is 0 Å². The second kappa shape index (κ2) is 9.53. The zero-order valence-corrected chi connectivity index (χ0v) is 18.5. The largest absolute Gasteiger partial charge is 0.454 e. The number of rotatable bonds is 7. The number of nitrogens with zero attached hydrogens (tertiary/aromatic N) is 2. The highest BCUT2D eigenvalue weighted by atomic mass is 16.6. The van der Waals surface area contributed by atoms with Crippen molar-refractivity contribution in [1.29, 1.82) is 0 Å². The number of piperidine rings is 1. The number of likely N-dealkylation sites (tertiary alicyclic amines) is 1. The van der Waals surface area contributed by atoms with E-state index in [1.807, 2.05) is 36.4 Å². The van der Waals surface area contributed by atoms with Gasteiger partial charge in [0, 0.05) is 24.8 Å². The van der Waals surface area contributed by atoms with Crippen LogP contribution in [0.1, 0.15) is 56.2 Å². The Morgan fingerprint density at radius 3 is 2.65 bits per heavy atom. The highest BCUT2D eigenvalue weighted by molar-refractivity contribution is 5.81. The van der Waals surface area contributed by atoms with E-state index in [2.05, 4.69) is 12.2 Å². The Hall–Kier alpha value is -2.18. The third-order valence-electron chi connectivity index (χ3n) is 7.26. The van der Waals surface area contributed by atoms with E-state index >= 15 is 0 Å². The molecule has 6 heteroatoms. The van der Waals surface area contributed by atoms with Gasteiger partial charge in [0.25, 0.3) is 0 Å². The first-order valence-corrected chi connectivity index (χ1v) is 11.7. The minimum absolute atomic E-state index is 0.0900. The lowest BCUT2D eigenvalue weighted by molar-refractivity contribution is -0.916. The summed E-state index contributed by atoms with van der Waals surface area (Å²) in [7, 11) is 2.21. The maximum absolute atomic E-state index is 13.5. The monoisotopic (exact) mass is 427 g/mol. The molecule has 3 atom stereocenters. The van der Waals surface area contributed by atoms with Crippen LogP contribution < -0.4 is 0 Å². The van der Waals surface area contributed by atoms with Gasteiger partial charge in [-0.2, -0.15) is 0 Å². The summed E-state index contributed by atoms with van der Waals surface area (Å²) in [6, 6.07) is 11.3. The van der Waals surface area contributed by atoms with Gasteiger partial charge in [0.15, 0.2) is 11.7 Å². The fourth-order valence-electron chi connectivity index (χ4n) is 5.40. The van der Waals surface area contributed by atoms with Crippen LogP contribution in [0, 0.1) is 5.92 Å². The van der Waals surface area contributed by atoms with Gasteiger partial charge in [-0.3, -0.25) is 0 Å². The second-order valence-electron chi connectivity index (χ2n) is 9.63. The van der Waals surface area contributed by atoms with Gasteiger partial charge in [-0.25, -0.2) is 4.79 Å². The van der Waals surface area contributed by atoms with Crippen LogP contribution in [0.5, 0.6) is 0 Å². The van der Waals surface area contributed by atoms with E-state index in [9.17, 15) is 9.90 Å². The fourth-order valence-corrected chi connectivity index (χ4v) is 5.40. The molecule has 4 rings (SSSR count). The smallest absolute Gasteiger partial charge is 0.343 e. The summed E-state index contributed by atoms with van der Waals surface area (Å²) < 4.78 is 11.8. The fraction of sp³-hybridized carbons (Fsp3) is 0.600. The van der Waals surface area contributed by atoms with Gasteiger partial charge >= 0.3 is 5.97 Å². The Bertz CT molecular complexity index is 834. The summed E-state index contributed by atoms with van der Waals surface area (Å²) in [5.74, 6) is -0.562. The average molecular weight is 428 g/mol. The molecule has 1 saturated heterocycles. The summed E-state index contributed by atoms with van der Waals surface area (Å²) in [6.07, 6.45) is 9.09. The molecule has 2 heterocycles. The highest BCUT2D eigenvalue weighted by Gasteiger charge is 2.48. The molecule has 2 unspecified atom stereocenters. The number of carbonyl (C=O) groups is 1. The number of aromatic nitrogens is 1. The van der Waals surface area contributed by atoms with Gasteiger partial charge in [-0.15, -0.1) is 0 Å². The molecule has 0 radical (unpaired) electrons. The van der Waals surface area contributed by atoms with E-state index in [4.69, 9.17) is 9.26 Å². The molecule has 1 saturated carbocycles. The maximum atomic E-state index is 13.5. The number of aliphatic hydroxyl groups is 1. The molecule has 0 amide bonds. The first-order chi connectivity index (χ1) is 15.0. The zero-order chi connectivity index (χ0) is 21.7. The Kier molecular flexibility index (Phi) is 6.77. The van der Waals surface area contributed by atoms with Crippen LogP contribution in [0.2, 0.25) is 0 Å². The predicted molar refractivity (Wildman–Crippen MR) is 117 cm³/mol. The Morgan fingerprint density at radius 1 is 1.16 bits per heavy atom. The van der Waals surface area contributed by atoms with Crippen molar-refractivity contribution >= 4 is 5.97 Å². The SMILES string of the molecule is C[N@+]1(CCc2ccon2)CCCC(OC(=O)C(O)(c2ccccc2)C2CCCCC2)C1. The number of quaternary nitrogens is 1. The van der Waals surface area contributed by atoms with Gasteiger partial charge in [-0.1, -0.05) is 54.8 Å². The van der Waals surface area contributed by atoms with Crippen molar-refractivity contribution in [2.24, 2.45) is 5.92 Å². The van der Waals surface area contributed by atoms with E-state index in [0.29, 0.717) is 5.56 Å². The molecule has 31 heavy (non-hydrogen) atoms. The summed E-state index contributed by atoms with van der Waals surface area (Å²) >= 11 is 0. The maximum Gasteiger partial charge on any atom is 0.343 e. The van der Waals surface area contributed by atoms with E-state index < -0.39 is 11.6 Å². The molecule has 2 aliphatic rings. The molecule has 168 valence electrons. The van der Waals surface area contributed by atoms with Crippen molar-refractivity contribution in [2.45, 2.75) is 63.1 Å². The first-order valence-electron chi connectivity index (χ1n) is 11.7. The molecule has 0 spiro atoms. The second-order valence-corrected chi connectivity index (χ2v) is 9.63. The van der Waals surface area contributed by atoms with E-state index in [0.717, 1.165) is 74.8 Å². The molecule has 2 fully saturated rings. The highest BCUT2D eigenvalue weighted by Crippen LogP contribution is 2.41. The van der Waals surface area contributed by atoms with Crippen LogP contribution in [-0.2, 0) is 21.6 Å². The molecule has 2 aromatic rings. The Labute approximate surface area is 184 Å². The van der Waals surface area contributed by atoms with Crippen LogP contribution in [0.15, 0.2) is 47.2 Å². The van der Waals surface area contributed by atoms with Crippen LogP contribution in [0.3, 0.4) is 0 Å². The molecule has 1 aliphatic carbocycles. The number of ether oxygens (including phenoxy) is 1. The van der Waals surface area contributed by atoms with Gasteiger partial charge in [0.2, 0.25) is 0 Å². The lowest BCUT2D eigenvalue weighted by atomic mass is 9.73. The molecular formula is C25H35N2O4+. The Morgan fingerprint density at radius 2 is 1.94 bits per heavy atom. The third kappa shape index (κ3) is 5.01. The van der Waals surface area contributed by atoms with Crippen molar-refractivity contribution in [1.82, 2.24) is 5.16 Å². The molecule has 1 aliphatic heterocycles. The number of carbonyl (C=O) groups excluding carboxylic acids is 1. The topological polar surface area (TPSA) is 72.6 Å². The normalized spacial score (nSPS) is 26.8. The number of benzene rings is 1. The van der Waals surface area contributed by atoms with Crippen molar-refractivity contribution < 1.29 is 23.6 Å². The molecular weight excluding hydrogens is 392 g/mol. The molecule has 1 aromatic carbocycles. The molecule has 6 nitrogen and oxygen atoms in total. The summed E-state index contributed by atoms with van der Waals surface area (Å²) in [5.41, 5.74) is 0.0451. The third-order valence-corrected chi connectivity index (χ3v) is 7.26. The lowest BCUT2D eigenvalue weighted by Crippen LogP contribution is -2.56. The van der Waals surface area contributed by atoms with Crippen molar-refractivity contribution in [3.63, 3.8) is 0 Å². The quantitative estimate of drug-likeness (QED) is 0.537. The zero-order valence-electron chi connectivity index (χ0n) is 18.5. The number of hydrogen-bond acceptors (Lipinski definition) is 5. The van der Waals surface area contributed by atoms with E-state index in [1.54, 1.807) is 6.26 Å². The van der Waals surface area contributed by atoms with Crippen LogP contribution in [-0.4, -0.2) is 53.5 Å². The van der Waals surface area contributed by atoms with Crippen molar-refractivity contribution in [3.05, 3.63) is 53.9 Å². The van der Waals surface area contributed by atoms with Gasteiger partial charge in [0.05, 0.1) is 25.8 Å².